The number of anilines is 1. The molecule has 0 aromatic carbocycles. The van der Waals surface area contributed by atoms with Gasteiger partial charge in [0.05, 0.1) is 13.3 Å². The van der Waals surface area contributed by atoms with E-state index in [9.17, 15) is 9.59 Å². The molecule has 0 radical (unpaired) electrons. The summed E-state index contributed by atoms with van der Waals surface area (Å²) < 4.78 is 6.33. The third-order valence-electron chi connectivity index (χ3n) is 2.71. The molecule has 3 aromatic rings. The quantitative estimate of drug-likeness (QED) is 0.746. The Kier molecular flexibility index (Phi) is 3.36. The highest BCUT2D eigenvalue weighted by Gasteiger charge is 2.15. The van der Waals surface area contributed by atoms with Crippen LogP contribution in [-0.4, -0.2) is 33.4 Å². The van der Waals surface area contributed by atoms with Gasteiger partial charge in [-0.15, -0.1) is 0 Å². The van der Waals surface area contributed by atoms with Crippen molar-refractivity contribution in [2.24, 2.45) is 0 Å². The van der Waals surface area contributed by atoms with E-state index >= 15 is 0 Å². The molecule has 1 N–H and O–H groups in total. The van der Waals surface area contributed by atoms with Gasteiger partial charge in [-0.3, -0.25) is 10.1 Å². The Morgan fingerprint density at radius 1 is 1.38 bits per heavy atom. The molecule has 3 rings (SSSR count). The van der Waals surface area contributed by atoms with Crippen molar-refractivity contribution in [2.45, 2.75) is 0 Å². The zero-order valence-electron chi connectivity index (χ0n) is 10.9. The Hall–Kier alpha value is -2.74. The highest BCUT2D eigenvalue weighted by molar-refractivity contribution is 7.17. The third kappa shape index (κ3) is 2.61. The number of hydrogen-bond acceptors (Lipinski definition) is 6. The summed E-state index contributed by atoms with van der Waals surface area (Å²) in [6, 6.07) is 5.49. The molecule has 0 aliphatic rings. The van der Waals surface area contributed by atoms with E-state index in [0.717, 1.165) is 11.3 Å². The number of thiazole rings is 1. The minimum absolute atomic E-state index is 0.274. The van der Waals surface area contributed by atoms with Crippen LogP contribution < -0.4 is 5.32 Å². The molecule has 3 heterocycles. The van der Waals surface area contributed by atoms with Gasteiger partial charge >= 0.3 is 5.97 Å². The number of rotatable bonds is 3. The Morgan fingerprint density at radius 3 is 3.00 bits per heavy atom. The molecule has 0 aliphatic carbocycles. The first kappa shape index (κ1) is 13.3. The number of nitrogens with zero attached hydrogens (tertiary/aromatic N) is 3. The van der Waals surface area contributed by atoms with Crippen LogP contribution in [0.3, 0.4) is 0 Å². The van der Waals surface area contributed by atoms with Crippen LogP contribution in [0.2, 0.25) is 0 Å². The van der Waals surface area contributed by atoms with Crippen molar-refractivity contribution in [3.63, 3.8) is 0 Å². The zero-order valence-corrected chi connectivity index (χ0v) is 11.8. The highest BCUT2D eigenvalue weighted by Crippen LogP contribution is 2.19. The van der Waals surface area contributed by atoms with Crippen molar-refractivity contribution in [3.05, 3.63) is 47.4 Å². The molecule has 0 spiro atoms. The maximum absolute atomic E-state index is 12.1. The zero-order chi connectivity index (χ0) is 14.8. The molecular formula is C13H10N4O3S. The summed E-state index contributed by atoms with van der Waals surface area (Å²) in [7, 11) is 1.29. The van der Waals surface area contributed by atoms with Crippen LogP contribution in [0, 0.1) is 0 Å². The standard InChI is InChI=1S/C13H10N4O3S/c1-20-12(19)9-6-14-13(21-9)16-11(18)8-7-17-5-3-2-4-10(17)15-8/h2-7H,1H3,(H,14,16,18). The van der Waals surface area contributed by atoms with Gasteiger partial charge in [0.15, 0.2) is 5.13 Å². The van der Waals surface area contributed by atoms with E-state index in [4.69, 9.17) is 0 Å². The Labute approximate surface area is 123 Å². The Balaban J connectivity index is 1.79. The summed E-state index contributed by atoms with van der Waals surface area (Å²) in [5.74, 6) is -0.870. The van der Waals surface area contributed by atoms with E-state index in [1.165, 1.54) is 13.3 Å². The molecule has 8 heteroatoms. The second-order valence-electron chi connectivity index (χ2n) is 4.07. The Bertz CT molecular complexity index is 791. The van der Waals surface area contributed by atoms with Crippen LogP contribution in [0.1, 0.15) is 20.2 Å². The topological polar surface area (TPSA) is 85.6 Å². The van der Waals surface area contributed by atoms with E-state index in [-0.39, 0.29) is 11.6 Å². The number of amides is 1. The number of esters is 1. The molecule has 0 bridgehead atoms. The van der Waals surface area contributed by atoms with Crippen molar-refractivity contribution in [2.75, 3.05) is 12.4 Å². The second-order valence-corrected chi connectivity index (χ2v) is 5.10. The molecule has 0 saturated heterocycles. The SMILES string of the molecule is COC(=O)c1cnc(NC(=O)c2cn3ccccc3n2)s1. The normalized spacial score (nSPS) is 10.5. The molecule has 0 aliphatic heterocycles. The van der Waals surface area contributed by atoms with Crippen LogP contribution in [0.25, 0.3) is 5.65 Å². The van der Waals surface area contributed by atoms with E-state index in [1.54, 1.807) is 22.9 Å². The number of nitrogens with one attached hydrogen (secondary N) is 1. The predicted molar refractivity (Wildman–Crippen MR) is 76.6 cm³/mol. The highest BCUT2D eigenvalue weighted by atomic mass is 32.1. The monoisotopic (exact) mass is 302 g/mol. The third-order valence-corrected chi connectivity index (χ3v) is 3.60. The van der Waals surface area contributed by atoms with E-state index < -0.39 is 5.97 Å². The van der Waals surface area contributed by atoms with E-state index in [2.05, 4.69) is 20.0 Å². The second kappa shape index (κ2) is 5.33. The molecule has 0 atom stereocenters. The summed E-state index contributed by atoms with van der Waals surface area (Å²) >= 11 is 1.04. The van der Waals surface area contributed by atoms with Crippen LogP contribution in [0.5, 0.6) is 0 Å². The molecule has 106 valence electrons. The van der Waals surface area contributed by atoms with Crippen molar-refractivity contribution in [1.29, 1.82) is 0 Å². The lowest BCUT2D eigenvalue weighted by atomic mass is 10.4. The molecule has 0 saturated carbocycles. The lowest BCUT2D eigenvalue weighted by Gasteiger charge is -1.96. The van der Waals surface area contributed by atoms with E-state index in [1.807, 2.05) is 12.1 Å². The van der Waals surface area contributed by atoms with Crippen LogP contribution >= 0.6 is 11.3 Å². The number of hydrogen-bond donors (Lipinski definition) is 1. The van der Waals surface area contributed by atoms with Gasteiger partial charge in [0, 0.05) is 12.4 Å². The summed E-state index contributed by atoms with van der Waals surface area (Å²) in [5.41, 5.74) is 0.952. The molecule has 21 heavy (non-hydrogen) atoms. The van der Waals surface area contributed by atoms with Gasteiger partial charge in [0.2, 0.25) is 0 Å². The van der Waals surface area contributed by atoms with Crippen molar-refractivity contribution < 1.29 is 14.3 Å². The fourth-order valence-corrected chi connectivity index (χ4v) is 2.46. The average molecular weight is 302 g/mol. The number of imidazole rings is 1. The summed E-state index contributed by atoms with van der Waals surface area (Å²) in [6.07, 6.45) is 4.78. The molecule has 0 fully saturated rings. The number of aromatic nitrogens is 3. The number of ether oxygens (including phenoxy) is 1. The smallest absolute Gasteiger partial charge is 0.349 e. The summed E-state index contributed by atoms with van der Waals surface area (Å²) in [6.45, 7) is 0. The average Bonchev–Trinajstić information content (AvgIpc) is 3.12. The number of methoxy groups -OCH3 is 1. The molecule has 0 unspecified atom stereocenters. The largest absolute Gasteiger partial charge is 0.465 e. The fourth-order valence-electron chi connectivity index (χ4n) is 1.73. The predicted octanol–water partition coefficient (Wildman–Crippen LogP) is 1.83. The number of carbonyl (C=O) groups is 2. The molecule has 1 amide bonds. The van der Waals surface area contributed by atoms with Crippen LogP contribution in [-0.2, 0) is 4.74 Å². The van der Waals surface area contributed by atoms with Crippen LogP contribution in [0.15, 0.2) is 36.8 Å². The first-order valence-corrected chi connectivity index (χ1v) is 6.78. The van der Waals surface area contributed by atoms with Gasteiger partial charge in [0.25, 0.3) is 5.91 Å². The molecular weight excluding hydrogens is 292 g/mol. The summed E-state index contributed by atoms with van der Waals surface area (Å²) in [4.78, 5) is 31.9. The Morgan fingerprint density at radius 2 is 2.24 bits per heavy atom. The minimum atomic E-state index is -0.485. The number of pyridine rings is 1. The van der Waals surface area contributed by atoms with Crippen molar-refractivity contribution >= 4 is 34.0 Å². The summed E-state index contributed by atoms with van der Waals surface area (Å²) in [5, 5.41) is 2.92. The van der Waals surface area contributed by atoms with Crippen LogP contribution in [0.4, 0.5) is 5.13 Å². The number of fused-ring (bicyclic) bond motifs is 1. The lowest BCUT2D eigenvalue weighted by Crippen LogP contribution is -2.11. The van der Waals surface area contributed by atoms with Crippen molar-refractivity contribution in [1.82, 2.24) is 14.4 Å². The molecule has 7 nitrogen and oxygen atoms in total. The number of carbonyl (C=O) groups excluding carboxylic acids is 2. The van der Waals surface area contributed by atoms with Gasteiger partial charge in [-0.1, -0.05) is 17.4 Å². The first-order chi connectivity index (χ1) is 10.2. The van der Waals surface area contributed by atoms with Gasteiger partial charge < -0.3 is 9.14 Å². The van der Waals surface area contributed by atoms with E-state index in [0.29, 0.717) is 15.7 Å². The van der Waals surface area contributed by atoms with Gasteiger partial charge in [-0.25, -0.2) is 14.8 Å². The fraction of sp³-hybridized carbons (Fsp3) is 0.0769. The first-order valence-electron chi connectivity index (χ1n) is 5.96. The van der Waals surface area contributed by atoms with Gasteiger partial charge in [-0.2, -0.15) is 0 Å². The van der Waals surface area contributed by atoms with Gasteiger partial charge in [0.1, 0.15) is 16.2 Å². The minimum Gasteiger partial charge on any atom is -0.465 e. The maximum Gasteiger partial charge on any atom is 0.349 e. The van der Waals surface area contributed by atoms with Gasteiger partial charge in [-0.05, 0) is 12.1 Å². The molecule has 3 aromatic heterocycles. The lowest BCUT2D eigenvalue weighted by molar-refractivity contribution is 0.0606. The van der Waals surface area contributed by atoms with Crippen molar-refractivity contribution in [3.8, 4) is 0 Å². The maximum atomic E-state index is 12.1.